The lowest BCUT2D eigenvalue weighted by Crippen LogP contribution is -2.25. The van der Waals surface area contributed by atoms with Crippen molar-refractivity contribution >= 4 is 23.9 Å². The number of unbranched alkanes of at least 4 members (excludes halogenated alkanes) is 20. The number of hydrogen-bond acceptors (Lipinski definition) is 7. The van der Waals surface area contributed by atoms with Gasteiger partial charge in [0, 0.05) is 12.8 Å². The molecule has 0 heterocycles. The summed E-state index contributed by atoms with van der Waals surface area (Å²) in [4.78, 5) is 46.5. The van der Waals surface area contributed by atoms with Gasteiger partial charge in [0.1, 0.15) is 25.4 Å². The minimum Gasteiger partial charge on any atom is -0.481 e. The summed E-state index contributed by atoms with van der Waals surface area (Å²) in [5.74, 6) is -2.28. The van der Waals surface area contributed by atoms with Crippen molar-refractivity contribution in [2.24, 2.45) is 0 Å². The average Bonchev–Trinajstić information content (AvgIpc) is 3.06. The molecule has 0 aromatic heterocycles. The van der Waals surface area contributed by atoms with Crippen molar-refractivity contribution in [1.82, 2.24) is 0 Å². The van der Waals surface area contributed by atoms with E-state index in [9.17, 15) is 19.2 Å². The first kappa shape index (κ1) is 46.8. The lowest BCUT2D eigenvalue weighted by atomic mass is 10.0. The molecule has 9 heteroatoms. The van der Waals surface area contributed by atoms with Gasteiger partial charge in [0.05, 0.1) is 0 Å². The molecule has 0 fully saturated rings. The Kier molecular flexibility index (Phi) is 34.1. The Hall–Kier alpha value is -2.16. The van der Waals surface area contributed by atoms with E-state index in [1.807, 2.05) is 0 Å². The molecule has 0 aliphatic carbocycles. The average molecular weight is 699 g/mol. The van der Waals surface area contributed by atoms with Crippen LogP contribution < -0.4 is 0 Å². The van der Waals surface area contributed by atoms with E-state index in [4.69, 9.17) is 24.4 Å². The van der Waals surface area contributed by atoms with E-state index in [-0.39, 0.29) is 38.3 Å². The Morgan fingerprint density at radius 2 is 0.673 bits per heavy atom. The van der Waals surface area contributed by atoms with E-state index in [0.29, 0.717) is 0 Å². The van der Waals surface area contributed by atoms with Crippen LogP contribution in [-0.2, 0) is 33.4 Å². The molecule has 9 nitrogen and oxygen atoms in total. The largest absolute Gasteiger partial charge is 0.481 e. The number of esters is 2. The maximum absolute atomic E-state index is 12.6. The molecule has 0 aliphatic rings. The normalized spacial score (nSPS) is 12.4. The van der Waals surface area contributed by atoms with E-state index in [0.717, 1.165) is 167 Å². The monoisotopic (exact) mass is 699 g/mol. The van der Waals surface area contributed by atoms with Gasteiger partial charge in [-0.15, -0.1) is 0 Å². The van der Waals surface area contributed by atoms with Gasteiger partial charge in [0.2, 0.25) is 0 Å². The summed E-state index contributed by atoms with van der Waals surface area (Å²) in [6, 6.07) is 0. The molecule has 2 N–H and O–H groups in total. The zero-order chi connectivity index (χ0) is 36.2. The number of carboxylic acids is 2. The van der Waals surface area contributed by atoms with Crippen molar-refractivity contribution in [3.05, 3.63) is 0 Å². The molecule has 0 aromatic rings. The Morgan fingerprint density at radius 3 is 0.959 bits per heavy atom. The van der Waals surface area contributed by atoms with Crippen molar-refractivity contribution in [3.63, 3.8) is 0 Å². The van der Waals surface area contributed by atoms with E-state index in [1.54, 1.807) is 0 Å². The minimum atomic E-state index is -0.717. The summed E-state index contributed by atoms with van der Waals surface area (Å²) in [6.45, 7) is 3.86. The third-order valence-corrected chi connectivity index (χ3v) is 9.13. The van der Waals surface area contributed by atoms with Crippen LogP contribution in [0.3, 0.4) is 0 Å². The molecule has 0 rings (SSSR count). The lowest BCUT2D eigenvalue weighted by Gasteiger charge is -2.19. The van der Waals surface area contributed by atoms with Crippen molar-refractivity contribution in [1.29, 1.82) is 0 Å². The topological polar surface area (TPSA) is 136 Å². The third kappa shape index (κ3) is 35.5. The van der Waals surface area contributed by atoms with Gasteiger partial charge in [-0.1, -0.05) is 129 Å². The highest BCUT2D eigenvalue weighted by Gasteiger charge is 2.18. The summed E-state index contributed by atoms with van der Waals surface area (Å²) >= 11 is 0. The molecule has 0 radical (unpaired) electrons. The number of carbonyl (C=O) groups excluding carboxylic acids is 2. The zero-order valence-electron chi connectivity index (χ0n) is 31.5. The van der Waals surface area contributed by atoms with Gasteiger partial charge in [-0.25, -0.2) is 9.59 Å². The van der Waals surface area contributed by atoms with Gasteiger partial charge >= 0.3 is 23.9 Å². The SMILES string of the molecule is CCCCCCC(CCCCCCCCCCC(=O)O)OC(=O)COCC(=O)O[C@H](CCCCCC)CCCCCCCCCCC(=O)O. The summed E-state index contributed by atoms with van der Waals surface area (Å²) in [5.41, 5.74) is 0. The molecule has 2 atom stereocenters. The minimum absolute atomic E-state index is 0.125. The fraction of sp³-hybridized carbons (Fsp3) is 0.900. The van der Waals surface area contributed by atoms with Crippen molar-refractivity contribution < 1.29 is 43.6 Å². The molecule has 0 aromatic carbocycles. The molecule has 0 amide bonds. The van der Waals surface area contributed by atoms with Crippen LogP contribution in [0.25, 0.3) is 0 Å². The van der Waals surface area contributed by atoms with E-state index in [1.165, 1.54) is 12.8 Å². The zero-order valence-corrected chi connectivity index (χ0v) is 31.5. The molecule has 0 bridgehead atoms. The highest BCUT2D eigenvalue weighted by molar-refractivity contribution is 5.73. The van der Waals surface area contributed by atoms with Crippen molar-refractivity contribution in [3.8, 4) is 0 Å². The molecule has 0 saturated carbocycles. The molecule has 288 valence electrons. The van der Waals surface area contributed by atoms with Crippen LogP contribution in [0.1, 0.15) is 206 Å². The summed E-state index contributed by atoms with van der Waals surface area (Å²) in [5, 5.41) is 17.5. The van der Waals surface area contributed by atoms with Crippen LogP contribution in [0.15, 0.2) is 0 Å². The fourth-order valence-corrected chi connectivity index (χ4v) is 6.20. The van der Waals surface area contributed by atoms with E-state index in [2.05, 4.69) is 13.8 Å². The predicted octanol–water partition coefficient (Wildman–Crippen LogP) is 10.7. The maximum Gasteiger partial charge on any atom is 0.332 e. The Morgan fingerprint density at radius 1 is 0.408 bits per heavy atom. The van der Waals surface area contributed by atoms with Crippen molar-refractivity contribution in [2.75, 3.05) is 13.2 Å². The van der Waals surface area contributed by atoms with Crippen LogP contribution >= 0.6 is 0 Å². The summed E-state index contributed by atoms with van der Waals surface area (Å²) < 4.78 is 17.0. The molecule has 0 saturated heterocycles. The first-order valence-electron chi connectivity index (χ1n) is 20.2. The van der Waals surface area contributed by atoms with Crippen LogP contribution in [0.2, 0.25) is 0 Å². The van der Waals surface area contributed by atoms with Crippen molar-refractivity contribution in [2.45, 2.75) is 219 Å². The predicted molar refractivity (Wildman–Crippen MR) is 196 cm³/mol. The fourth-order valence-electron chi connectivity index (χ4n) is 6.20. The van der Waals surface area contributed by atoms with Gasteiger partial charge in [-0.05, 0) is 64.2 Å². The second-order valence-electron chi connectivity index (χ2n) is 13.9. The number of carbonyl (C=O) groups is 4. The van der Waals surface area contributed by atoms with Crippen LogP contribution in [0.4, 0.5) is 0 Å². The number of aliphatic carboxylic acids is 2. The molecular weight excluding hydrogens is 624 g/mol. The standard InChI is InChI=1S/C40H74O9/c1-3-5-7-21-27-35(29-23-17-13-9-11-15-19-25-31-37(41)42)48-39(45)33-47-34-40(46)49-36(28-22-8-6-4-2)30-24-18-14-10-12-16-20-26-32-38(43)44/h35-36H,3-34H2,1-2H3,(H,41,42)(H,43,44)/t35-,36?/m1/s1. The second-order valence-corrected chi connectivity index (χ2v) is 13.9. The quantitative estimate of drug-likeness (QED) is 0.0476. The van der Waals surface area contributed by atoms with Gasteiger partial charge in [-0.3, -0.25) is 9.59 Å². The van der Waals surface area contributed by atoms with Gasteiger partial charge in [-0.2, -0.15) is 0 Å². The molecule has 0 spiro atoms. The highest BCUT2D eigenvalue weighted by atomic mass is 16.6. The van der Waals surface area contributed by atoms with E-state index >= 15 is 0 Å². The van der Waals surface area contributed by atoms with Crippen LogP contribution in [0, 0.1) is 0 Å². The summed E-state index contributed by atoms with van der Waals surface area (Å²) in [7, 11) is 0. The third-order valence-electron chi connectivity index (χ3n) is 9.13. The summed E-state index contributed by atoms with van der Waals surface area (Å²) in [6.07, 6.45) is 29.3. The van der Waals surface area contributed by atoms with Gasteiger partial charge < -0.3 is 24.4 Å². The first-order valence-corrected chi connectivity index (χ1v) is 20.2. The Bertz CT molecular complexity index is 737. The number of rotatable bonds is 38. The number of hydrogen-bond donors (Lipinski definition) is 2. The molecule has 0 aliphatic heterocycles. The Labute approximate surface area is 299 Å². The van der Waals surface area contributed by atoms with Crippen LogP contribution in [0.5, 0.6) is 0 Å². The maximum atomic E-state index is 12.6. The first-order chi connectivity index (χ1) is 23.8. The second kappa shape index (κ2) is 35.7. The highest BCUT2D eigenvalue weighted by Crippen LogP contribution is 2.19. The van der Waals surface area contributed by atoms with Crippen LogP contribution in [-0.4, -0.2) is 59.5 Å². The molecule has 49 heavy (non-hydrogen) atoms. The van der Waals surface area contributed by atoms with Gasteiger partial charge in [0.15, 0.2) is 0 Å². The molecule has 1 unspecified atom stereocenters. The number of carboxylic acid groups (broad SMARTS) is 2. The van der Waals surface area contributed by atoms with E-state index < -0.39 is 23.9 Å². The van der Waals surface area contributed by atoms with Gasteiger partial charge in [0.25, 0.3) is 0 Å². The number of ether oxygens (including phenoxy) is 3. The lowest BCUT2D eigenvalue weighted by molar-refractivity contribution is -0.162. The Balaban J connectivity index is 4.40. The molecular formula is C40H74O9. The smallest absolute Gasteiger partial charge is 0.332 e.